The Kier molecular flexibility index (Phi) is 10.7. The molecule has 3 rings (SSSR count). The lowest BCUT2D eigenvalue weighted by Crippen LogP contribution is -2.57. The molecule has 1 N–H and O–H groups in total. The van der Waals surface area contributed by atoms with Gasteiger partial charge in [-0.05, 0) is 32.6 Å². The lowest BCUT2D eigenvalue weighted by Gasteiger charge is -2.40. The Balaban J connectivity index is 2.00. The zero-order valence-corrected chi connectivity index (χ0v) is 25.0. The number of nitrogens with zero attached hydrogens (tertiary/aromatic N) is 3. The number of alkyl halides is 1. The lowest BCUT2D eigenvalue weighted by molar-refractivity contribution is -0.144. The molecular formula is C28H44BrN3O4S. The fraction of sp³-hybridized carbons (Fsp3) is 0.750. The molecule has 3 saturated heterocycles. The van der Waals surface area contributed by atoms with E-state index >= 15 is 0 Å². The first-order valence-electron chi connectivity index (χ1n) is 13.7. The summed E-state index contributed by atoms with van der Waals surface area (Å²) >= 11 is 5.53. The molecule has 0 radical (unpaired) electrons. The van der Waals surface area contributed by atoms with Crippen molar-refractivity contribution in [2.24, 2.45) is 11.8 Å². The summed E-state index contributed by atoms with van der Waals surface area (Å²) in [6.07, 6.45) is 9.26. The van der Waals surface area contributed by atoms with Gasteiger partial charge in [0.1, 0.15) is 6.04 Å². The van der Waals surface area contributed by atoms with Gasteiger partial charge in [-0.15, -0.1) is 24.9 Å². The number of carbonyl (C=O) groups is 3. The summed E-state index contributed by atoms with van der Waals surface area (Å²) in [6, 6.07) is -0.563. The van der Waals surface area contributed by atoms with Crippen molar-refractivity contribution < 1.29 is 19.5 Å². The standard InChI is InChI=1S/C28H44BrN3O4S/c1-6-13-19(4)31(15-8-3)27(36)24-28-18-20(29)23(37-28)21(25(34)30(5)14-7-2)22(28)26(35)32(24)16-11-9-10-12-17-33/h7-8,19-24,33H,2-3,6,9-18H2,1,4-5H3/t19?,20?,21-,22+,23-,24?,28?/m1/s1. The maximum Gasteiger partial charge on any atom is 0.247 e. The van der Waals surface area contributed by atoms with Gasteiger partial charge in [-0.1, -0.05) is 54.3 Å². The Bertz CT molecular complexity index is 872. The number of hydrogen-bond donors (Lipinski definition) is 1. The molecule has 0 aromatic carbocycles. The number of fused-ring (bicyclic) bond motifs is 1. The predicted molar refractivity (Wildman–Crippen MR) is 154 cm³/mol. The first-order chi connectivity index (χ1) is 17.7. The van der Waals surface area contributed by atoms with Crippen LogP contribution in [0.25, 0.3) is 0 Å². The van der Waals surface area contributed by atoms with Gasteiger partial charge in [-0.2, -0.15) is 0 Å². The van der Waals surface area contributed by atoms with Crippen LogP contribution in [0.3, 0.4) is 0 Å². The summed E-state index contributed by atoms with van der Waals surface area (Å²) in [4.78, 5) is 47.6. The number of thioether (sulfide) groups is 1. The highest BCUT2D eigenvalue weighted by Crippen LogP contribution is 2.68. The van der Waals surface area contributed by atoms with Gasteiger partial charge in [0.25, 0.3) is 0 Å². The van der Waals surface area contributed by atoms with Crippen molar-refractivity contribution in [3.05, 3.63) is 25.3 Å². The summed E-state index contributed by atoms with van der Waals surface area (Å²) in [7, 11) is 1.76. The first kappa shape index (κ1) is 30.2. The van der Waals surface area contributed by atoms with Crippen LogP contribution in [0, 0.1) is 11.8 Å². The average Bonchev–Trinajstić information content (AvgIpc) is 3.45. The molecule has 1 spiro atoms. The maximum absolute atomic E-state index is 14.4. The van der Waals surface area contributed by atoms with E-state index in [4.69, 9.17) is 5.11 Å². The molecular weight excluding hydrogens is 554 g/mol. The van der Waals surface area contributed by atoms with Crippen LogP contribution in [0.2, 0.25) is 0 Å². The maximum atomic E-state index is 14.4. The van der Waals surface area contributed by atoms with E-state index in [1.54, 1.807) is 35.9 Å². The van der Waals surface area contributed by atoms with Crippen LogP contribution in [0.5, 0.6) is 0 Å². The van der Waals surface area contributed by atoms with Gasteiger partial charge >= 0.3 is 0 Å². The minimum Gasteiger partial charge on any atom is -0.396 e. The fourth-order valence-electron chi connectivity index (χ4n) is 6.57. The van der Waals surface area contributed by atoms with E-state index in [1.165, 1.54) is 0 Å². The number of likely N-dealkylation sites (tertiary alicyclic amines) is 1. The van der Waals surface area contributed by atoms with Crippen LogP contribution in [-0.2, 0) is 14.4 Å². The summed E-state index contributed by atoms with van der Waals surface area (Å²) in [5, 5.41) is 9.09. The molecule has 7 nitrogen and oxygen atoms in total. The third-order valence-corrected chi connectivity index (χ3v) is 11.5. The molecule has 37 heavy (non-hydrogen) atoms. The summed E-state index contributed by atoms with van der Waals surface area (Å²) in [5.41, 5.74) is 0. The average molecular weight is 599 g/mol. The first-order valence-corrected chi connectivity index (χ1v) is 15.5. The molecule has 7 atom stereocenters. The lowest BCUT2D eigenvalue weighted by atomic mass is 9.70. The minimum atomic E-state index is -0.626. The van der Waals surface area contributed by atoms with E-state index in [9.17, 15) is 14.4 Å². The predicted octanol–water partition coefficient (Wildman–Crippen LogP) is 3.85. The van der Waals surface area contributed by atoms with Gasteiger partial charge in [-0.3, -0.25) is 14.4 Å². The fourth-order valence-corrected chi connectivity index (χ4v) is 10.2. The largest absolute Gasteiger partial charge is 0.396 e. The second kappa shape index (κ2) is 13.2. The molecule has 9 heteroatoms. The van der Waals surface area contributed by atoms with Gasteiger partial charge in [0.15, 0.2) is 0 Å². The third kappa shape index (κ3) is 5.69. The zero-order valence-electron chi connectivity index (χ0n) is 22.6. The highest BCUT2D eigenvalue weighted by atomic mass is 79.9. The van der Waals surface area contributed by atoms with E-state index in [0.717, 1.165) is 38.5 Å². The topological polar surface area (TPSA) is 81.2 Å². The summed E-state index contributed by atoms with van der Waals surface area (Å²) in [5.74, 6) is -1.08. The van der Waals surface area contributed by atoms with Crippen molar-refractivity contribution in [1.82, 2.24) is 14.7 Å². The number of amides is 3. The van der Waals surface area contributed by atoms with Crippen molar-refractivity contribution in [2.45, 2.75) is 85.7 Å². The van der Waals surface area contributed by atoms with Gasteiger partial charge in [-0.25, -0.2) is 0 Å². The Morgan fingerprint density at radius 2 is 1.89 bits per heavy atom. The van der Waals surface area contributed by atoms with E-state index in [0.29, 0.717) is 26.1 Å². The Morgan fingerprint density at radius 1 is 1.22 bits per heavy atom. The van der Waals surface area contributed by atoms with Crippen LogP contribution in [0.15, 0.2) is 25.3 Å². The van der Waals surface area contributed by atoms with Crippen LogP contribution >= 0.6 is 27.7 Å². The minimum absolute atomic E-state index is 0.0209. The number of aliphatic hydroxyl groups excluding tert-OH is 1. The van der Waals surface area contributed by atoms with Gasteiger partial charge < -0.3 is 19.8 Å². The Morgan fingerprint density at radius 3 is 2.51 bits per heavy atom. The molecule has 3 heterocycles. The highest BCUT2D eigenvalue weighted by molar-refractivity contribution is 9.09. The third-order valence-electron chi connectivity index (χ3n) is 8.24. The van der Waals surface area contributed by atoms with E-state index < -0.39 is 22.6 Å². The number of unbranched alkanes of at least 4 members (excludes halogenated alkanes) is 3. The van der Waals surface area contributed by atoms with Crippen molar-refractivity contribution in [3.8, 4) is 0 Å². The number of rotatable bonds is 15. The number of hydrogen-bond acceptors (Lipinski definition) is 5. The number of aliphatic hydroxyl groups is 1. The molecule has 208 valence electrons. The zero-order chi connectivity index (χ0) is 27.3. The number of carbonyl (C=O) groups excluding carboxylic acids is 3. The summed E-state index contributed by atoms with van der Waals surface area (Å²) < 4.78 is -0.626. The monoisotopic (exact) mass is 597 g/mol. The molecule has 3 aliphatic rings. The van der Waals surface area contributed by atoms with E-state index in [1.807, 2.05) is 9.80 Å². The number of halogens is 1. The van der Waals surface area contributed by atoms with Gasteiger partial charge in [0.05, 0.1) is 16.6 Å². The SMILES string of the molecule is C=CCN(C)C(=O)[C@H]1[C@@H]2SC3(CC2Br)C(C(=O)N(CC=C)C(C)CCC)N(CCCCCCO)C(=O)[C@H]13. The molecule has 3 aliphatic heterocycles. The van der Waals surface area contributed by atoms with E-state index in [2.05, 4.69) is 42.9 Å². The van der Waals surface area contributed by atoms with Crippen LogP contribution in [-0.4, -0.2) is 97.7 Å². The molecule has 0 aromatic heterocycles. The van der Waals surface area contributed by atoms with Gasteiger partial charge in [0, 0.05) is 49.4 Å². The normalized spacial score (nSPS) is 30.8. The second-order valence-electron chi connectivity index (χ2n) is 10.8. The number of likely N-dealkylation sites (N-methyl/N-ethyl adjacent to an activating group) is 1. The molecule has 3 fully saturated rings. The van der Waals surface area contributed by atoms with Crippen LogP contribution in [0.4, 0.5) is 0 Å². The molecule has 0 saturated carbocycles. The quantitative estimate of drug-likeness (QED) is 0.176. The molecule has 2 bridgehead atoms. The van der Waals surface area contributed by atoms with Gasteiger partial charge in [0.2, 0.25) is 17.7 Å². The molecule has 3 amide bonds. The van der Waals surface area contributed by atoms with Crippen molar-refractivity contribution in [2.75, 3.05) is 33.3 Å². The molecule has 0 aromatic rings. The Hall–Kier alpha value is -1.32. The van der Waals surface area contributed by atoms with Crippen molar-refractivity contribution in [1.29, 1.82) is 0 Å². The van der Waals surface area contributed by atoms with Crippen molar-refractivity contribution >= 4 is 45.4 Å². The van der Waals surface area contributed by atoms with Crippen LogP contribution in [0.1, 0.15) is 58.8 Å². The molecule has 0 aliphatic carbocycles. The molecule has 4 unspecified atom stereocenters. The highest BCUT2D eigenvalue weighted by Gasteiger charge is 2.75. The van der Waals surface area contributed by atoms with Crippen molar-refractivity contribution in [3.63, 3.8) is 0 Å². The summed E-state index contributed by atoms with van der Waals surface area (Å²) in [6.45, 7) is 13.3. The van der Waals surface area contributed by atoms with Crippen LogP contribution < -0.4 is 0 Å². The smallest absolute Gasteiger partial charge is 0.247 e. The second-order valence-corrected chi connectivity index (χ2v) is 13.5. The Labute approximate surface area is 235 Å². The van der Waals surface area contributed by atoms with E-state index in [-0.39, 0.29) is 40.4 Å².